The molecule has 0 aromatic heterocycles. The molecule has 9 aromatic carbocycles. The molecule has 0 spiro atoms. The lowest BCUT2D eigenvalue weighted by atomic mass is 9.75. The largest absolute Gasteiger partial charge is 0.310 e. The Morgan fingerprint density at radius 3 is 1.82 bits per heavy atom. The Kier molecular flexibility index (Phi) is 10.3. The number of fused-ring (bicyclic) bond motifs is 7. The molecule has 0 amide bonds. The summed E-state index contributed by atoms with van der Waals surface area (Å²) in [4.78, 5) is 4.95. The maximum absolute atomic E-state index is 2.64. The van der Waals surface area contributed by atoms with Crippen molar-refractivity contribution < 1.29 is 0 Å². The molecule has 0 saturated heterocycles. The van der Waals surface area contributed by atoms with Crippen LogP contribution < -0.4 is 9.80 Å². The van der Waals surface area contributed by atoms with Crippen LogP contribution in [0.5, 0.6) is 0 Å². The van der Waals surface area contributed by atoms with E-state index < -0.39 is 0 Å². The number of allylic oxidation sites excluding steroid dienone is 11. The Bertz CT molecular complexity index is 3960. The van der Waals surface area contributed by atoms with Gasteiger partial charge in [-0.3, -0.25) is 0 Å². The summed E-state index contributed by atoms with van der Waals surface area (Å²) in [6.45, 7) is 9.74. The fourth-order valence-corrected chi connectivity index (χ4v) is 13.7. The summed E-state index contributed by atoms with van der Waals surface area (Å²) in [7, 11) is 0. The molecule has 0 radical (unpaired) electrons. The van der Waals surface area contributed by atoms with E-state index in [1.54, 1.807) is 11.1 Å². The van der Waals surface area contributed by atoms with Gasteiger partial charge in [-0.05, 0) is 199 Å². The first-order valence-corrected chi connectivity index (χ1v) is 26.9. The van der Waals surface area contributed by atoms with Crippen molar-refractivity contribution in [3.05, 3.63) is 263 Å². The fraction of sp³-hybridized carbons (Fsp3) is 0.167. The first kappa shape index (κ1) is 44.5. The summed E-state index contributed by atoms with van der Waals surface area (Å²) in [6, 6.07) is 68.6. The van der Waals surface area contributed by atoms with Crippen LogP contribution in [0.2, 0.25) is 0 Å². The molecule has 9 aromatic rings. The van der Waals surface area contributed by atoms with Crippen molar-refractivity contribution in [1.29, 1.82) is 0 Å². The van der Waals surface area contributed by atoms with Gasteiger partial charge >= 0.3 is 0 Å². The highest BCUT2D eigenvalue weighted by atomic mass is 15.2. The van der Waals surface area contributed by atoms with Crippen molar-refractivity contribution in [3.8, 4) is 22.3 Å². The van der Waals surface area contributed by atoms with E-state index in [1.807, 2.05) is 0 Å². The molecule has 0 atom stereocenters. The van der Waals surface area contributed by atoms with Crippen LogP contribution in [0.3, 0.4) is 0 Å². The molecule has 14 rings (SSSR count). The van der Waals surface area contributed by atoms with Gasteiger partial charge in [-0.15, -0.1) is 0 Å². The Balaban J connectivity index is 1.09. The lowest BCUT2D eigenvalue weighted by molar-refractivity contribution is 0.569. The lowest BCUT2D eigenvalue weighted by Gasteiger charge is -2.31. The van der Waals surface area contributed by atoms with Crippen LogP contribution in [0.25, 0.3) is 60.1 Å². The number of hydrogen-bond donors (Lipinski definition) is 0. The molecule has 5 aliphatic carbocycles. The van der Waals surface area contributed by atoms with E-state index in [9.17, 15) is 0 Å². The Morgan fingerprint density at radius 1 is 0.405 bits per heavy atom. The summed E-state index contributed by atoms with van der Waals surface area (Å²) in [5, 5.41) is 7.59. The van der Waals surface area contributed by atoms with Gasteiger partial charge < -0.3 is 9.80 Å². The summed E-state index contributed by atoms with van der Waals surface area (Å²) in [6.07, 6.45) is 20.9. The topological polar surface area (TPSA) is 6.48 Å². The van der Waals surface area contributed by atoms with Crippen molar-refractivity contribution in [1.82, 2.24) is 0 Å². The molecule has 2 heteroatoms. The highest BCUT2D eigenvalue weighted by Gasteiger charge is 2.40. The predicted molar refractivity (Wildman–Crippen MR) is 315 cm³/mol. The Morgan fingerprint density at radius 2 is 1.05 bits per heavy atom. The van der Waals surface area contributed by atoms with Crippen LogP contribution in [0, 0.1) is 5.41 Å². The molecule has 0 fully saturated rings. The molecule has 0 heterocycles. The average molecular weight is 953 g/mol. The molecule has 0 N–H and O–H groups in total. The third-order valence-electron chi connectivity index (χ3n) is 17.2. The number of rotatable bonds is 8. The summed E-state index contributed by atoms with van der Waals surface area (Å²) < 4.78 is 0. The second-order valence-corrected chi connectivity index (χ2v) is 22.1. The maximum atomic E-state index is 2.64. The van der Waals surface area contributed by atoms with Gasteiger partial charge in [-0.1, -0.05) is 179 Å². The molecule has 5 aliphatic rings. The van der Waals surface area contributed by atoms with E-state index in [2.05, 4.69) is 256 Å². The zero-order valence-corrected chi connectivity index (χ0v) is 42.9. The molecular weight excluding hydrogens is 893 g/mol. The van der Waals surface area contributed by atoms with Crippen molar-refractivity contribution in [3.63, 3.8) is 0 Å². The predicted octanol–water partition coefficient (Wildman–Crippen LogP) is 20.1. The normalized spacial score (nSPS) is 17.0. The van der Waals surface area contributed by atoms with Crippen molar-refractivity contribution in [2.24, 2.45) is 5.41 Å². The van der Waals surface area contributed by atoms with Gasteiger partial charge in [0, 0.05) is 44.7 Å². The number of para-hydroxylation sites is 2. The average Bonchev–Trinajstić information content (AvgIpc) is 3.85. The van der Waals surface area contributed by atoms with E-state index >= 15 is 0 Å². The van der Waals surface area contributed by atoms with E-state index in [1.165, 1.54) is 105 Å². The number of hydrogen-bond acceptors (Lipinski definition) is 2. The number of benzene rings is 9. The molecule has 0 saturated carbocycles. The molecule has 2 nitrogen and oxygen atoms in total. The van der Waals surface area contributed by atoms with E-state index in [0.29, 0.717) is 0 Å². The first-order valence-electron chi connectivity index (χ1n) is 26.9. The maximum Gasteiger partial charge on any atom is 0.0539 e. The van der Waals surface area contributed by atoms with Gasteiger partial charge in [-0.2, -0.15) is 0 Å². The van der Waals surface area contributed by atoms with Crippen LogP contribution in [-0.2, 0) is 5.41 Å². The number of nitrogens with zero attached hydrogens (tertiary/aromatic N) is 2. The fourth-order valence-electron chi connectivity index (χ4n) is 13.7. The second-order valence-electron chi connectivity index (χ2n) is 22.1. The third-order valence-corrected chi connectivity index (χ3v) is 17.2. The monoisotopic (exact) mass is 952 g/mol. The van der Waals surface area contributed by atoms with Crippen LogP contribution in [0.1, 0.15) is 82.9 Å². The van der Waals surface area contributed by atoms with Gasteiger partial charge in [0.1, 0.15) is 0 Å². The minimum Gasteiger partial charge on any atom is -0.310 e. The molecule has 74 heavy (non-hydrogen) atoms. The van der Waals surface area contributed by atoms with Crippen LogP contribution in [0.15, 0.2) is 246 Å². The zero-order valence-electron chi connectivity index (χ0n) is 42.9. The number of anilines is 5. The van der Waals surface area contributed by atoms with Crippen LogP contribution in [0.4, 0.5) is 28.4 Å². The molecular formula is C72H60N2. The minimum atomic E-state index is -0.155. The van der Waals surface area contributed by atoms with Gasteiger partial charge in [0.25, 0.3) is 0 Å². The third kappa shape index (κ3) is 6.91. The SMILES string of the molecule is CC1(C)C2=C(CCC=C2)C2=C1C=C(c1c3cc(N(C4=CCCC=C4)c4cccc5ccccc45)ccc3c(-c3ccc4c(c3)C(C)(C)c3ccccc3-4)c3cc(N(c4ccccc4)c4ccccc4)ccc13)CC2. The smallest absolute Gasteiger partial charge is 0.0539 e. The summed E-state index contributed by atoms with van der Waals surface area (Å²) in [5.74, 6) is 0. The zero-order chi connectivity index (χ0) is 49.7. The standard InChI is InChI=1S/C72H60N2/c1-71(2)64-32-18-16-30-56(64)58-39-35-48(43-66(58)71)69-61-42-38-54(74(52-27-12-7-13-28-52)68-34-20-22-47-21-14-15-29-55(47)68)46-63(61)70(49-36-40-59-57-31-17-19-33-65(57)72(3,4)67(59)44-49)60-41-37-53(45-62(60)69)73(50-23-8-5-9-24-50)51-25-10-6-11-26-51/h5-6,8-12,14-16,18-30,32-35,37-39,41-46H,7,13,17,31,36,40H2,1-4H3. The second kappa shape index (κ2) is 17.2. The lowest BCUT2D eigenvalue weighted by Crippen LogP contribution is -2.17. The quantitative estimate of drug-likeness (QED) is 0.140. The molecule has 0 aliphatic heterocycles. The minimum absolute atomic E-state index is 0.0667. The summed E-state index contributed by atoms with van der Waals surface area (Å²) >= 11 is 0. The molecule has 0 bridgehead atoms. The van der Waals surface area contributed by atoms with Gasteiger partial charge in [0.15, 0.2) is 0 Å². The highest BCUT2D eigenvalue weighted by Crippen LogP contribution is 2.57. The van der Waals surface area contributed by atoms with Gasteiger partial charge in [0.2, 0.25) is 0 Å². The van der Waals surface area contributed by atoms with Crippen LogP contribution >= 0.6 is 0 Å². The van der Waals surface area contributed by atoms with Crippen molar-refractivity contribution >= 4 is 66.3 Å². The van der Waals surface area contributed by atoms with Gasteiger partial charge in [0.05, 0.1) is 5.69 Å². The Hall–Kier alpha value is -8.20. The van der Waals surface area contributed by atoms with Crippen LogP contribution in [-0.4, -0.2) is 0 Å². The molecule has 0 unspecified atom stereocenters. The Labute approximate surface area is 436 Å². The van der Waals surface area contributed by atoms with E-state index in [-0.39, 0.29) is 10.8 Å². The first-order chi connectivity index (χ1) is 36.2. The van der Waals surface area contributed by atoms with E-state index in [0.717, 1.165) is 55.6 Å². The van der Waals surface area contributed by atoms with Crippen molar-refractivity contribution in [2.45, 2.75) is 71.6 Å². The summed E-state index contributed by atoms with van der Waals surface area (Å²) in [5.41, 5.74) is 23.7. The van der Waals surface area contributed by atoms with Crippen molar-refractivity contribution in [2.75, 3.05) is 9.80 Å². The highest BCUT2D eigenvalue weighted by molar-refractivity contribution is 6.20. The van der Waals surface area contributed by atoms with Gasteiger partial charge in [-0.25, -0.2) is 0 Å². The van der Waals surface area contributed by atoms with E-state index in [4.69, 9.17) is 0 Å². The molecule has 358 valence electrons.